The molecular formula is C6H11ClO2Si. The molecule has 0 saturated carbocycles. The van der Waals surface area contributed by atoms with Gasteiger partial charge in [-0.05, 0) is 0 Å². The van der Waals surface area contributed by atoms with E-state index in [-0.39, 0.29) is 0 Å². The van der Waals surface area contributed by atoms with E-state index in [1.54, 1.807) is 0 Å². The van der Waals surface area contributed by atoms with Gasteiger partial charge in [0.25, 0.3) is 0 Å². The Morgan fingerprint density at radius 2 is 1.80 bits per heavy atom. The number of hydrogen-bond donors (Lipinski definition) is 0. The Morgan fingerprint density at radius 3 is 2.00 bits per heavy atom. The topological polar surface area (TPSA) is 18.5 Å². The molecule has 4 heteroatoms. The van der Waals surface area contributed by atoms with Crippen LogP contribution in [0.15, 0.2) is 25.7 Å². The molecule has 0 atom stereocenters. The third-order valence-electron chi connectivity index (χ3n) is 0.908. The number of alkyl halides is 1. The summed E-state index contributed by atoms with van der Waals surface area (Å²) in [6.45, 7) is 8.67. The summed E-state index contributed by atoms with van der Waals surface area (Å²) in [5, 5.41) is 0. The molecule has 0 rings (SSSR count). The normalized spacial score (nSPS) is 10.2. The van der Waals surface area contributed by atoms with Crippen LogP contribution in [0.3, 0.4) is 0 Å². The van der Waals surface area contributed by atoms with Crippen molar-refractivity contribution in [1.29, 1.82) is 0 Å². The molecule has 0 aromatic carbocycles. The molecule has 0 heterocycles. The standard InChI is InChI=1S/C6H11ClO2Si/c1-4-8-10(3,6-7)9-5-2/h4-5H,1-2,6H2,3H3. The Balaban J connectivity index is 3.92. The van der Waals surface area contributed by atoms with E-state index in [2.05, 4.69) is 13.2 Å². The molecule has 0 fully saturated rings. The van der Waals surface area contributed by atoms with Gasteiger partial charge in [0.1, 0.15) is 0 Å². The van der Waals surface area contributed by atoms with Crippen LogP contribution >= 0.6 is 11.6 Å². The highest BCUT2D eigenvalue weighted by Gasteiger charge is 2.31. The van der Waals surface area contributed by atoms with E-state index < -0.39 is 8.56 Å². The Morgan fingerprint density at radius 1 is 1.40 bits per heavy atom. The first-order chi connectivity index (χ1) is 4.68. The van der Waals surface area contributed by atoms with Crippen LogP contribution in [0.1, 0.15) is 0 Å². The molecule has 0 N–H and O–H groups in total. The van der Waals surface area contributed by atoms with Gasteiger partial charge in [-0.2, -0.15) is 0 Å². The molecule has 0 spiro atoms. The predicted octanol–water partition coefficient (Wildman–Crippen LogP) is 2.16. The first-order valence-corrected chi connectivity index (χ1v) is 5.88. The fourth-order valence-corrected chi connectivity index (χ4v) is 1.71. The minimum Gasteiger partial charge on any atom is -0.519 e. The Bertz CT molecular complexity index is 117. The Hall–Kier alpha value is -0.413. The molecule has 0 radical (unpaired) electrons. The lowest BCUT2D eigenvalue weighted by Gasteiger charge is -2.20. The number of halogens is 1. The summed E-state index contributed by atoms with van der Waals surface area (Å²) in [6, 6.07) is 0. The fourth-order valence-electron chi connectivity index (χ4n) is 0.443. The van der Waals surface area contributed by atoms with E-state index in [0.29, 0.717) is 5.50 Å². The van der Waals surface area contributed by atoms with Gasteiger partial charge in [0.15, 0.2) is 0 Å². The van der Waals surface area contributed by atoms with E-state index in [1.807, 2.05) is 6.55 Å². The van der Waals surface area contributed by atoms with Crippen LogP contribution in [0.2, 0.25) is 6.55 Å². The summed E-state index contributed by atoms with van der Waals surface area (Å²) >= 11 is 5.58. The summed E-state index contributed by atoms with van der Waals surface area (Å²) in [6.07, 6.45) is 2.69. The van der Waals surface area contributed by atoms with Crippen molar-refractivity contribution in [2.45, 2.75) is 6.55 Å². The van der Waals surface area contributed by atoms with Crippen molar-refractivity contribution >= 4 is 20.2 Å². The van der Waals surface area contributed by atoms with Gasteiger partial charge in [-0.3, -0.25) is 0 Å². The van der Waals surface area contributed by atoms with Gasteiger partial charge in [-0.25, -0.2) is 0 Å². The zero-order valence-corrected chi connectivity index (χ0v) is 7.73. The van der Waals surface area contributed by atoms with Gasteiger partial charge < -0.3 is 8.85 Å². The fraction of sp³-hybridized carbons (Fsp3) is 0.333. The van der Waals surface area contributed by atoms with Gasteiger partial charge in [-0.15, -0.1) is 11.6 Å². The highest BCUT2D eigenvalue weighted by molar-refractivity contribution is 6.73. The third kappa shape index (κ3) is 2.94. The van der Waals surface area contributed by atoms with Crippen LogP contribution in [0.5, 0.6) is 0 Å². The van der Waals surface area contributed by atoms with Gasteiger partial charge in [-0.1, -0.05) is 13.2 Å². The van der Waals surface area contributed by atoms with Crippen LogP contribution in [0, 0.1) is 0 Å². The van der Waals surface area contributed by atoms with Gasteiger partial charge >= 0.3 is 8.56 Å². The average Bonchev–Trinajstić information content (AvgIpc) is 1.89. The van der Waals surface area contributed by atoms with E-state index in [9.17, 15) is 0 Å². The van der Waals surface area contributed by atoms with Crippen molar-refractivity contribution in [2.24, 2.45) is 0 Å². The van der Waals surface area contributed by atoms with Gasteiger partial charge in [0, 0.05) is 6.55 Å². The van der Waals surface area contributed by atoms with Crippen molar-refractivity contribution in [3.63, 3.8) is 0 Å². The number of hydrogen-bond acceptors (Lipinski definition) is 2. The van der Waals surface area contributed by atoms with E-state index in [4.69, 9.17) is 20.5 Å². The lowest BCUT2D eigenvalue weighted by molar-refractivity contribution is 0.319. The first-order valence-electron chi connectivity index (χ1n) is 2.82. The SMILES string of the molecule is C=CO[Si](C)(CCl)OC=C. The predicted molar refractivity (Wildman–Crippen MR) is 44.9 cm³/mol. The van der Waals surface area contributed by atoms with Crippen LogP contribution in [-0.2, 0) is 8.85 Å². The highest BCUT2D eigenvalue weighted by atomic mass is 35.5. The Labute approximate surface area is 67.3 Å². The molecule has 0 bridgehead atoms. The summed E-state index contributed by atoms with van der Waals surface area (Å²) in [5.74, 6) is 0. The van der Waals surface area contributed by atoms with Gasteiger partial charge in [0.05, 0.1) is 18.0 Å². The quantitative estimate of drug-likeness (QED) is 0.365. The molecule has 2 nitrogen and oxygen atoms in total. The molecule has 0 aliphatic rings. The third-order valence-corrected chi connectivity index (χ3v) is 4.18. The molecule has 0 saturated heterocycles. The lowest BCUT2D eigenvalue weighted by atomic mass is 11.2. The van der Waals surface area contributed by atoms with Crippen molar-refractivity contribution in [3.05, 3.63) is 25.7 Å². The molecular weight excluding hydrogens is 168 g/mol. The molecule has 0 aromatic heterocycles. The zero-order chi connectivity index (χ0) is 8.04. The van der Waals surface area contributed by atoms with Crippen LogP contribution in [-0.4, -0.2) is 14.1 Å². The maximum absolute atomic E-state index is 5.58. The van der Waals surface area contributed by atoms with Crippen molar-refractivity contribution in [1.82, 2.24) is 0 Å². The van der Waals surface area contributed by atoms with E-state index in [1.165, 1.54) is 12.5 Å². The average molecular weight is 179 g/mol. The molecule has 0 aromatic rings. The Kier molecular flexibility index (Phi) is 4.23. The molecule has 0 aliphatic heterocycles. The minimum absolute atomic E-state index is 0.366. The van der Waals surface area contributed by atoms with Crippen molar-refractivity contribution in [2.75, 3.05) is 5.50 Å². The lowest BCUT2D eigenvalue weighted by Crippen LogP contribution is -2.37. The molecule has 10 heavy (non-hydrogen) atoms. The van der Waals surface area contributed by atoms with Crippen LogP contribution in [0.25, 0.3) is 0 Å². The second-order valence-electron chi connectivity index (χ2n) is 1.84. The number of rotatable bonds is 5. The first kappa shape index (κ1) is 9.59. The summed E-state index contributed by atoms with van der Waals surface area (Å²) in [4.78, 5) is 0. The maximum atomic E-state index is 5.58. The van der Waals surface area contributed by atoms with Crippen molar-refractivity contribution < 1.29 is 8.85 Å². The summed E-state index contributed by atoms with van der Waals surface area (Å²) in [7, 11) is -2.19. The van der Waals surface area contributed by atoms with Crippen LogP contribution < -0.4 is 0 Å². The molecule has 0 aliphatic carbocycles. The smallest absolute Gasteiger partial charge is 0.471 e. The van der Waals surface area contributed by atoms with Gasteiger partial charge in [0.2, 0.25) is 0 Å². The summed E-state index contributed by atoms with van der Waals surface area (Å²) in [5.41, 5.74) is 0.366. The highest BCUT2D eigenvalue weighted by Crippen LogP contribution is 2.09. The van der Waals surface area contributed by atoms with Crippen LogP contribution in [0.4, 0.5) is 0 Å². The van der Waals surface area contributed by atoms with Crippen molar-refractivity contribution in [3.8, 4) is 0 Å². The van der Waals surface area contributed by atoms with E-state index in [0.717, 1.165) is 0 Å². The molecule has 0 unspecified atom stereocenters. The monoisotopic (exact) mass is 178 g/mol. The second-order valence-corrected chi connectivity index (χ2v) is 5.64. The van der Waals surface area contributed by atoms with E-state index >= 15 is 0 Å². The molecule has 58 valence electrons. The zero-order valence-electron chi connectivity index (χ0n) is 5.97. The maximum Gasteiger partial charge on any atom is 0.471 e. The molecule has 0 amide bonds. The minimum atomic E-state index is -2.19. The second kappa shape index (κ2) is 4.41. The largest absolute Gasteiger partial charge is 0.519 e. The summed E-state index contributed by atoms with van der Waals surface area (Å²) < 4.78 is 10.2.